The van der Waals surface area contributed by atoms with Crippen molar-refractivity contribution in [3.05, 3.63) is 287 Å². The fourth-order valence-electron chi connectivity index (χ4n) is 13.6. The van der Waals surface area contributed by atoms with Crippen LogP contribution in [-0.2, 0) is 16.2 Å². The number of benzene rings is 10. The Morgan fingerprint density at radius 1 is 0.289 bits per heavy atom. The van der Waals surface area contributed by atoms with Crippen molar-refractivity contribution in [1.29, 1.82) is 0 Å². The standard InChI is InChI=1S/C77H60N6/c1-75(2)67-39-49(15-17-51-21-31-63-65-33-27-59(45-71(65)76(3,4)69(63)41-51)82(73-47-78-35-37-80-73)57-25-23-53-11-7-9-13-55(53)43-57)19-29-61(67)62-30-20-50(40-68(62)75)16-18-52-22-32-64-66-34-28-60(46-72(66)77(5,6)70(64)42-52)83(74-48-79-36-38-81-74)58-26-24-54-12-8-10-14-56(54)44-58/h7-48H,1-6H3/b17-15+,18-16+. The van der Waals surface area contributed by atoms with Gasteiger partial charge in [0.2, 0.25) is 0 Å². The van der Waals surface area contributed by atoms with Gasteiger partial charge in [-0.15, -0.1) is 0 Å². The number of hydrogen-bond donors (Lipinski definition) is 0. The van der Waals surface area contributed by atoms with Gasteiger partial charge < -0.3 is 0 Å². The third-order valence-corrected chi connectivity index (χ3v) is 18.1. The molecule has 0 atom stereocenters. The Kier molecular flexibility index (Phi) is 11.5. The molecular weight excluding hydrogens is 1010 g/mol. The smallest absolute Gasteiger partial charge is 0.156 e. The van der Waals surface area contributed by atoms with Crippen LogP contribution in [0.1, 0.15) is 97.2 Å². The quantitative estimate of drug-likeness (QED) is 0.127. The maximum Gasteiger partial charge on any atom is 0.156 e. The molecule has 0 spiro atoms. The zero-order chi connectivity index (χ0) is 56.2. The highest BCUT2D eigenvalue weighted by molar-refractivity contribution is 5.93. The molecule has 0 radical (unpaired) electrons. The zero-order valence-electron chi connectivity index (χ0n) is 47.4. The van der Waals surface area contributed by atoms with E-state index in [9.17, 15) is 0 Å². The Labute approximate surface area is 485 Å². The Bertz CT molecular complexity index is 4370. The van der Waals surface area contributed by atoms with E-state index in [1.54, 1.807) is 24.8 Å². The van der Waals surface area contributed by atoms with E-state index in [1.807, 2.05) is 12.4 Å². The summed E-state index contributed by atoms with van der Waals surface area (Å²) in [5.41, 5.74) is 24.1. The molecule has 0 saturated carbocycles. The molecule has 6 nitrogen and oxygen atoms in total. The monoisotopic (exact) mass is 1070 g/mol. The molecule has 0 amide bonds. The zero-order valence-corrected chi connectivity index (χ0v) is 47.4. The van der Waals surface area contributed by atoms with Gasteiger partial charge in [-0.05, 0) is 159 Å². The van der Waals surface area contributed by atoms with E-state index in [4.69, 9.17) is 9.97 Å². The third-order valence-electron chi connectivity index (χ3n) is 18.1. The van der Waals surface area contributed by atoms with Crippen LogP contribution in [0.5, 0.6) is 0 Å². The van der Waals surface area contributed by atoms with E-state index in [1.165, 1.54) is 111 Å². The molecule has 2 heterocycles. The molecule has 6 heteroatoms. The number of fused-ring (bicyclic) bond motifs is 11. The Morgan fingerprint density at radius 3 is 0.904 bits per heavy atom. The number of anilines is 6. The lowest BCUT2D eigenvalue weighted by molar-refractivity contribution is 0.660. The molecule has 0 N–H and O–H groups in total. The van der Waals surface area contributed by atoms with Crippen molar-refractivity contribution in [2.75, 3.05) is 9.80 Å². The average molecular weight is 1070 g/mol. The second kappa shape index (κ2) is 19.0. The van der Waals surface area contributed by atoms with Crippen LogP contribution >= 0.6 is 0 Å². The number of nitrogens with zero attached hydrogens (tertiary/aromatic N) is 6. The van der Waals surface area contributed by atoms with E-state index in [2.05, 4.69) is 280 Å². The molecule has 12 aromatic rings. The molecule has 3 aliphatic carbocycles. The van der Waals surface area contributed by atoms with E-state index in [0.717, 1.165) is 34.4 Å². The fourth-order valence-corrected chi connectivity index (χ4v) is 13.6. The van der Waals surface area contributed by atoms with Crippen LogP contribution in [0.4, 0.5) is 34.4 Å². The van der Waals surface area contributed by atoms with Gasteiger partial charge in [0.05, 0.1) is 12.4 Å². The molecule has 0 aliphatic heterocycles. The maximum atomic E-state index is 4.78. The first-order valence-corrected chi connectivity index (χ1v) is 28.7. The molecule has 10 aromatic carbocycles. The second-order valence-electron chi connectivity index (χ2n) is 24.1. The summed E-state index contributed by atoms with van der Waals surface area (Å²) in [6, 6.07) is 71.8. The van der Waals surface area contributed by atoms with Gasteiger partial charge in [0.25, 0.3) is 0 Å². The highest BCUT2D eigenvalue weighted by atomic mass is 15.2. The first-order chi connectivity index (χ1) is 40.4. The van der Waals surface area contributed by atoms with E-state index < -0.39 is 0 Å². The van der Waals surface area contributed by atoms with Gasteiger partial charge in [0, 0.05) is 63.8 Å². The van der Waals surface area contributed by atoms with Crippen LogP contribution in [0.25, 0.3) is 79.2 Å². The van der Waals surface area contributed by atoms with Gasteiger partial charge in [-0.2, -0.15) is 0 Å². The number of rotatable bonds is 10. The van der Waals surface area contributed by atoms with Gasteiger partial charge in [-0.1, -0.05) is 211 Å². The predicted molar refractivity (Wildman–Crippen MR) is 345 cm³/mol. The minimum absolute atomic E-state index is 0.170. The Balaban J connectivity index is 0.665. The maximum absolute atomic E-state index is 4.78. The summed E-state index contributed by atoms with van der Waals surface area (Å²) in [7, 11) is 0. The first-order valence-electron chi connectivity index (χ1n) is 28.7. The lowest BCUT2D eigenvalue weighted by Crippen LogP contribution is -2.17. The van der Waals surface area contributed by atoms with Crippen LogP contribution < -0.4 is 9.80 Å². The van der Waals surface area contributed by atoms with Gasteiger partial charge >= 0.3 is 0 Å². The Hall–Kier alpha value is -10.0. The minimum Gasteiger partial charge on any atom is -0.294 e. The average Bonchev–Trinajstić information content (AvgIpc) is 3.33. The van der Waals surface area contributed by atoms with Crippen molar-refractivity contribution in [3.63, 3.8) is 0 Å². The van der Waals surface area contributed by atoms with E-state index >= 15 is 0 Å². The van der Waals surface area contributed by atoms with Crippen LogP contribution in [0.3, 0.4) is 0 Å². The molecule has 3 aliphatic rings. The highest BCUT2D eigenvalue weighted by Gasteiger charge is 2.39. The van der Waals surface area contributed by atoms with Crippen LogP contribution in [-0.4, -0.2) is 19.9 Å². The second-order valence-corrected chi connectivity index (χ2v) is 24.1. The summed E-state index contributed by atoms with van der Waals surface area (Å²) < 4.78 is 0. The van der Waals surface area contributed by atoms with Crippen molar-refractivity contribution in [1.82, 2.24) is 19.9 Å². The summed E-state index contributed by atoms with van der Waals surface area (Å²) >= 11 is 0. The van der Waals surface area contributed by atoms with Crippen LogP contribution in [0, 0.1) is 0 Å². The summed E-state index contributed by atoms with van der Waals surface area (Å²) in [6.45, 7) is 14.2. The molecule has 15 rings (SSSR count). The molecule has 83 heavy (non-hydrogen) atoms. The van der Waals surface area contributed by atoms with Crippen molar-refractivity contribution in [2.24, 2.45) is 0 Å². The largest absolute Gasteiger partial charge is 0.294 e. The van der Waals surface area contributed by atoms with Gasteiger partial charge in [-0.25, -0.2) is 9.97 Å². The minimum atomic E-state index is -0.224. The molecule has 0 unspecified atom stereocenters. The van der Waals surface area contributed by atoms with Crippen molar-refractivity contribution >= 4 is 80.2 Å². The fraction of sp³-hybridized carbons (Fsp3) is 0.117. The molecule has 2 aromatic heterocycles. The van der Waals surface area contributed by atoms with Crippen molar-refractivity contribution in [2.45, 2.75) is 57.8 Å². The normalized spacial score (nSPS) is 14.6. The van der Waals surface area contributed by atoms with E-state index in [-0.39, 0.29) is 16.2 Å². The molecular formula is C77H60N6. The van der Waals surface area contributed by atoms with Gasteiger partial charge in [0.1, 0.15) is 0 Å². The summed E-state index contributed by atoms with van der Waals surface area (Å²) in [6.07, 6.45) is 19.8. The van der Waals surface area contributed by atoms with Gasteiger partial charge in [-0.3, -0.25) is 19.8 Å². The summed E-state index contributed by atoms with van der Waals surface area (Å²) in [4.78, 5) is 22.9. The lowest BCUT2D eigenvalue weighted by atomic mass is 9.81. The number of aromatic nitrogens is 4. The molecule has 398 valence electrons. The van der Waals surface area contributed by atoms with Crippen LogP contribution in [0.15, 0.2) is 231 Å². The molecule has 0 bridgehead atoms. The summed E-state index contributed by atoms with van der Waals surface area (Å²) in [5, 5.41) is 4.77. The summed E-state index contributed by atoms with van der Waals surface area (Å²) in [5.74, 6) is 1.56. The van der Waals surface area contributed by atoms with E-state index in [0.29, 0.717) is 0 Å². The first kappa shape index (κ1) is 50.0. The topological polar surface area (TPSA) is 58.0 Å². The molecule has 0 fully saturated rings. The SMILES string of the molecule is CC1(C)c2cc(/C=C/c3ccc4c(c3)C(C)(C)c3cc(N(c5ccc6ccccc6c5)c5cnccn5)ccc3-4)ccc2-c2ccc(/C=C/c3ccc4c(c3)C(C)(C)c3cc(N(c5ccc6ccccc6c5)c5cnccn5)ccc3-4)cc21. The van der Waals surface area contributed by atoms with Crippen molar-refractivity contribution < 1.29 is 0 Å². The lowest BCUT2D eigenvalue weighted by Gasteiger charge is -2.27. The van der Waals surface area contributed by atoms with Crippen LogP contribution in [0.2, 0.25) is 0 Å². The predicted octanol–water partition coefficient (Wildman–Crippen LogP) is 19.8. The highest BCUT2D eigenvalue weighted by Crippen LogP contribution is 2.54. The van der Waals surface area contributed by atoms with Gasteiger partial charge in [0.15, 0.2) is 11.6 Å². The number of hydrogen-bond acceptors (Lipinski definition) is 6. The Morgan fingerprint density at radius 2 is 0.578 bits per heavy atom. The molecule has 0 saturated heterocycles. The van der Waals surface area contributed by atoms with Crippen molar-refractivity contribution in [3.8, 4) is 33.4 Å². The third kappa shape index (κ3) is 8.30.